The van der Waals surface area contributed by atoms with Crippen molar-refractivity contribution < 1.29 is 14.1 Å². The van der Waals surface area contributed by atoms with Crippen LogP contribution in [0, 0.1) is 0 Å². The molecule has 1 N–H and O–H groups in total. The lowest BCUT2D eigenvalue weighted by molar-refractivity contribution is 0.0950. The maximum atomic E-state index is 12.0. The van der Waals surface area contributed by atoms with E-state index in [4.69, 9.17) is 20.9 Å². The smallest absolute Gasteiger partial charge is 0.253 e. The highest BCUT2D eigenvalue weighted by molar-refractivity contribution is 6.30. The molecule has 3 aromatic rings. The second-order valence-electron chi connectivity index (χ2n) is 6.12. The molecule has 1 saturated carbocycles. The minimum atomic E-state index is -0.101. The number of amides is 1. The highest BCUT2D eigenvalue weighted by Gasteiger charge is 2.23. The number of hydrogen-bond acceptors (Lipinski definition) is 5. The van der Waals surface area contributed by atoms with E-state index in [0.717, 1.165) is 24.0 Å². The second-order valence-corrected chi connectivity index (χ2v) is 6.55. The number of nitrogens with zero attached hydrogens (tertiary/aromatic N) is 2. The summed E-state index contributed by atoms with van der Waals surface area (Å²) in [4.78, 5) is 16.1. The molecule has 1 fully saturated rings. The molecule has 132 valence electrons. The summed E-state index contributed by atoms with van der Waals surface area (Å²) in [7, 11) is 0. The molecule has 0 bridgehead atoms. The first-order valence-electron chi connectivity index (χ1n) is 8.28. The van der Waals surface area contributed by atoms with Gasteiger partial charge in [-0.15, -0.1) is 0 Å². The van der Waals surface area contributed by atoms with Crippen molar-refractivity contribution in [1.82, 2.24) is 15.5 Å². The number of rotatable bonds is 6. The molecule has 2 heterocycles. The first-order valence-corrected chi connectivity index (χ1v) is 8.66. The van der Waals surface area contributed by atoms with Crippen molar-refractivity contribution in [3.05, 3.63) is 65.0 Å². The van der Waals surface area contributed by atoms with Crippen LogP contribution in [0.2, 0.25) is 5.02 Å². The van der Waals surface area contributed by atoms with E-state index in [1.807, 2.05) is 12.1 Å². The molecule has 1 aliphatic rings. The molecular weight excluding hydrogens is 354 g/mol. The minimum absolute atomic E-state index is 0.101. The fraction of sp³-hybridized carbons (Fsp3) is 0.211. The van der Waals surface area contributed by atoms with Gasteiger partial charge in [0.05, 0.1) is 11.1 Å². The molecular formula is C19H16ClN3O3. The van der Waals surface area contributed by atoms with Gasteiger partial charge in [-0.3, -0.25) is 4.79 Å². The van der Waals surface area contributed by atoms with E-state index in [-0.39, 0.29) is 12.5 Å². The van der Waals surface area contributed by atoms with Crippen LogP contribution in [0.1, 0.15) is 28.8 Å². The molecule has 6 nitrogen and oxygen atoms in total. The minimum Gasteiger partial charge on any atom is -0.473 e. The monoisotopic (exact) mass is 369 g/mol. The third kappa shape index (κ3) is 3.86. The molecule has 0 spiro atoms. The third-order valence-electron chi connectivity index (χ3n) is 4.05. The van der Waals surface area contributed by atoms with E-state index in [1.165, 1.54) is 6.20 Å². The van der Waals surface area contributed by atoms with Crippen LogP contribution in [-0.4, -0.2) is 22.1 Å². The van der Waals surface area contributed by atoms with Gasteiger partial charge in [0, 0.05) is 28.9 Å². The fourth-order valence-corrected chi connectivity index (χ4v) is 2.58. The Morgan fingerprint density at radius 1 is 1.23 bits per heavy atom. The predicted octanol–water partition coefficient (Wildman–Crippen LogP) is 3.86. The van der Waals surface area contributed by atoms with Gasteiger partial charge in [0.15, 0.2) is 0 Å². The van der Waals surface area contributed by atoms with Crippen LogP contribution in [-0.2, 0) is 6.61 Å². The standard InChI is InChI=1S/C19H16ClN3O3/c20-15-4-1-12(2-5-15)18-14(11-26-23-18)10-25-17-8-3-13(9-21-17)19(24)22-16-6-7-16/h1-5,8-9,11,16H,6-7,10H2,(H,22,24). The summed E-state index contributed by atoms with van der Waals surface area (Å²) >= 11 is 5.91. The largest absolute Gasteiger partial charge is 0.473 e. The number of halogens is 1. The van der Waals surface area contributed by atoms with Gasteiger partial charge in [-0.2, -0.15) is 0 Å². The first-order chi connectivity index (χ1) is 12.7. The van der Waals surface area contributed by atoms with Gasteiger partial charge in [-0.05, 0) is 31.0 Å². The van der Waals surface area contributed by atoms with Crippen LogP contribution in [0.5, 0.6) is 5.88 Å². The quantitative estimate of drug-likeness (QED) is 0.713. The predicted molar refractivity (Wildman–Crippen MR) is 96.0 cm³/mol. The Labute approximate surface area is 155 Å². The average molecular weight is 370 g/mol. The summed E-state index contributed by atoms with van der Waals surface area (Å²) in [6.45, 7) is 0.252. The number of hydrogen-bond donors (Lipinski definition) is 1. The van der Waals surface area contributed by atoms with Gasteiger partial charge in [-0.25, -0.2) is 4.98 Å². The Balaban J connectivity index is 1.40. The van der Waals surface area contributed by atoms with E-state index in [1.54, 1.807) is 30.5 Å². The highest BCUT2D eigenvalue weighted by Crippen LogP contribution is 2.25. The Bertz CT molecular complexity index is 903. The van der Waals surface area contributed by atoms with Crippen LogP contribution < -0.4 is 10.1 Å². The summed E-state index contributed by atoms with van der Waals surface area (Å²) in [6, 6.07) is 11.0. The topological polar surface area (TPSA) is 77.2 Å². The summed E-state index contributed by atoms with van der Waals surface area (Å²) in [5.41, 5.74) is 2.91. The number of ether oxygens (including phenoxy) is 1. The highest BCUT2D eigenvalue weighted by atomic mass is 35.5. The Hall–Kier alpha value is -2.86. The molecule has 26 heavy (non-hydrogen) atoms. The van der Waals surface area contributed by atoms with Crippen molar-refractivity contribution in [2.45, 2.75) is 25.5 Å². The number of benzene rings is 1. The maximum Gasteiger partial charge on any atom is 0.253 e. The molecule has 2 aromatic heterocycles. The molecule has 0 atom stereocenters. The zero-order chi connectivity index (χ0) is 17.9. The second kappa shape index (κ2) is 7.17. The molecule has 1 amide bonds. The van der Waals surface area contributed by atoms with Gasteiger partial charge in [0.25, 0.3) is 5.91 Å². The third-order valence-corrected chi connectivity index (χ3v) is 4.30. The van der Waals surface area contributed by atoms with E-state index in [0.29, 0.717) is 28.2 Å². The van der Waals surface area contributed by atoms with Gasteiger partial charge >= 0.3 is 0 Å². The molecule has 1 aromatic carbocycles. The van der Waals surface area contributed by atoms with Gasteiger partial charge in [-0.1, -0.05) is 28.9 Å². The average Bonchev–Trinajstić information content (AvgIpc) is 3.35. The van der Waals surface area contributed by atoms with Crippen molar-refractivity contribution in [2.75, 3.05) is 0 Å². The number of nitrogens with one attached hydrogen (secondary N) is 1. The zero-order valence-electron chi connectivity index (χ0n) is 13.8. The molecule has 1 aliphatic carbocycles. The number of carbonyl (C=O) groups is 1. The number of aromatic nitrogens is 2. The Kier molecular flexibility index (Phi) is 4.58. The van der Waals surface area contributed by atoms with Crippen molar-refractivity contribution in [3.8, 4) is 17.1 Å². The lowest BCUT2D eigenvalue weighted by Gasteiger charge is -2.06. The van der Waals surface area contributed by atoms with E-state index in [9.17, 15) is 4.79 Å². The molecule has 0 aliphatic heterocycles. The van der Waals surface area contributed by atoms with E-state index < -0.39 is 0 Å². The normalized spacial score (nSPS) is 13.4. The van der Waals surface area contributed by atoms with Crippen LogP contribution in [0.15, 0.2) is 53.4 Å². The summed E-state index contributed by atoms with van der Waals surface area (Å²) < 4.78 is 10.8. The lowest BCUT2D eigenvalue weighted by Crippen LogP contribution is -2.25. The maximum absolute atomic E-state index is 12.0. The first kappa shape index (κ1) is 16.6. The molecule has 0 saturated heterocycles. The van der Waals surface area contributed by atoms with Crippen LogP contribution in [0.3, 0.4) is 0 Å². The lowest BCUT2D eigenvalue weighted by atomic mass is 10.1. The molecule has 4 rings (SSSR count). The Morgan fingerprint density at radius 2 is 2.04 bits per heavy atom. The molecule has 0 radical (unpaired) electrons. The van der Waals surface area contributed by atoms with Crippen molar-refractivity contribution in [2.24, 2.45) is 0 Å². The van der Waals surface area contributed by atoms with Crippen molar-refractivity contribution in [3.63, 3.8) is 0 Å². The Morgan fingerprint density at radius 3 is 2.73 bits per heavy atom. The van der Waals surface area contributed by atoms with Crippen LogP contribution >= 0.6 is 11.6 Å². The van der Waals surface area contributed by atoms with Crippen molar-refractivity contribution >= 4 is 17.5 Å². The van der Waals surface area contributed by atoms with Gasteiger partial charge < -0.3 is 14.6 Å². The van der Waals surface area contributed by atoms with Crippen LogP contribution in [0.25, 0.3) is 11.3 Å². The molecule has 0 unspecified atom stereocenters. The molecule has 7 heteroatoms. The van der Waals surface area contributed by atoms with Gasteiger partial charge in [0.1, 0.15) is 18.6 Å². The fourth-order valence-electron chi connectivity index (χ4n) is 2.45. The van der Waals surface area contributed by atoms with Crippen LogP contribution in [0.4, 0.5) is 0 Å². The summed E-state index contributed by atoms with van der Waals surface area (Å²) in [5, 5.41) is 7.61. The zero-order valence-corrected chi connectivity index (χ0v) is 14.6. The number of pyridine rings is 1. The number of carbonyl (C=O) groups excluding carboxylic acids is 1. The SMILES string of the molecule is O=C(NC1CC1)c1ccc(OCc2conc2-c2ccc(Cl)cc2)nc1. The van der Waals surface area contributed by atoms with E-state index in [2.05, 4.69) is 15.5 Å². The van der Waals surface area contributed by atoms with Gasteiger partial charge in [0.2, 0.25) is 5.88 Å². The van der Waals surface area contributed by atoms with Crippen molar-refractivity contribution in [1.29, 1.82) is 0 Å². The van der Waals surface area contributed by atoms with E-state index >= 15 is 0 Å². The summed E-state index contributed by atoms with van der Waals surface area (Å²) in [5.74, 6) is 0.326. The summed E-state index contributed by atoms with van der Waals surface area (Å²) in [6.07, 6.45) is 5.16.